The number of nitrogens with one attached hydrogen (secondary N) is 1. The van der Waals surface area contributed by atoms with E-state index in [1.807, 2.05) is 0 Å². The van der Waals surface area contributed by atoms with Gasteiger partial charge in [0.25, 0.3) is 0 Å². The van der Waals surface area contributed by atoms with Gasteiger partial charge in [-0.25, -0.2) is 19.9 Å². The summed E-state index contributed by atoms with van der Waals surface area (Å²) < 4.78 is 0. The number of aromatic nitrogens is 4. The first-order valence-electron chi connectivity index (χ1n) is 5.17. The summed E-state index contributed by atoms with van der Waals surface area (Å²) in [7, 11) is 0. The van der Waals surface area contributed by atoms with Gasteiger partial charge in [-0.2, -0.15) is 0 Å². The normalized spacial score (nSPS) is 17.7. The van der Waals surface area contributed by atoms with Crippen molar-refractivity contribution in [1.29, 1.82) is 0 Å². The average Bonchev–Trinajstić information content (AvgIpc) is 2.65. The maximum Gasteiger partial charge on any atom is 0.241 e. The van der Waals surface area contributed by atoms with Gasteiger partial charge in [-0.05, 0) is 13.0 Å². The topological polar surface area (TPSA) is 80.7 Å². The van der Waals surface area contributed by atoms with Gasteiger partial charge in [0.15, 0.2) is 0 Å². The van der Waals surface area contributed by atoms with Crippen molar-refractivity contribution in [2.45, 2.75) is 12.8 Å². The summed E-state index contributed by atoms with van der Waals surface area (Å²) in [6.07, 6.45) is 4.88. The van der Waals surface area contributed by atoms with Crippen LogP contribution in [-0.2, 0) is 4.79 Å². The van der Waals surface area contributed by atoms with Crippen LogP contribution >= 0.6 is 0 Å². The summed E-state index contributed by atoms with van der Waals surface area (Å²) in [5, 5.41) is 2.72. The van der Waals surface area contributed by atoms with Crippen LogP contribution < -0.4 is 5.32 Å². The summed E-state index contributed by atoms with van der Waals surface area (Å²) >= 11 is 0. The van der Waals surface area contributed by atoms with E-state index < -0.39 is 5.92 Å². The maximum absolute atomic E-state index is 11.9. The van der Waals surface area contributed by atoms with Crippen molar-refractivity contribution in [3.8, 4) is 0 Å². The third-order valence-electron chi connectivity index (χ3n) is 2.60. The highest BCUT2D eigenvalue weighted by Gasteiger charge is 2.35. The first kappa shape index (κ1) is 9.83. The summed E-state index contributed by atoms with van der Waals surface area (Å²) in [5.41, 5.74) is 0.729. The third-order valence-corrected chi connectivity index (χ3v) is 2.60. The lowest BCUT2D eigenvalue weighted by molar-refractivity contribution is -0.116. The van der Waals surface area contributed by atoms with Crippen molar-refractivity contribution in [3.63, 3.8) is 0 Å². The Morgan fingerprint density at radius 1 is 1.24 bits per heavy atom. The van der Waals surface area contributed by atoms with Gasteiger partial charge in [-0.15, -0.1) is 0 Å². The van der Waals surface area contributed by atoms with Crippen LogP contribution in [0.15, 0.2) is 24.7 Å². The van der Waals surface area contributed by atoms with Gasteiger partial charge < -0.3 is 5.32 Å². The molecule has 1 aliphatic heterocycles. The monoisotopic (exact) mass is 227 g/mol. The zero-order chi connectivity index (χ0) is 11.8. The first-order valence-corrected chi connectivity index (χ1v) is 5.17. The minimum atomic E-state index is -0.508. The van der Waals surface area contributed by atoms with Gasteiger partial charge in [0.2, 0.25) is 5.91 Å². The van der Waals surface area contributed by atoms with E-state index in [0.717, 1.165) is 5.56 Å². The van der Waals surface area contributed by atoms with Crippen molar-refractivity contribution in [2.75, 3.05) is 5.32 Å². The van der Waals surface area contributed by atoms with Crippen LogP contribution in [0.1, 0.15) is 23.1 Å². The molecule has 0 radical (unpaired) electrons. The molecule has 1 aliphatic rings. The van der Waals surface area contributed by atoms with E-state index in [1.165, 1.54) is 0 Å². The van der Waals surface area contributed by atoms with Crippen LogP contribution in [0.25, 0.3) is 0 Å². The van der Waals surface area contributed by atoms with Gasteiger partial charge in [0, 0.05) is 24.2 Å². The molecular weight excluding hydrogens is 218 g/mol. The van der Waals surface area contributed by atoms with E-state index in [4.69, 9.17) is 0 Å². The number of amides is 1. The highest BCUT2D eigenvalue weighted by atomic mass is 16.2. The Morgan fingerprint density at radius 3 is 2.76 bits per heavy atom. The molecule has 2 aromatic heterocycles. The Balaban J connectivity index is 2.12. The van der Waals surface area contributed by atoms with Gasteiger partial charge in [0.05, 0.1) is 0 Å². The third kappa shape index (κ3) is 1.54. The molecule has 1 unspecified atom stereocenters. The van der Waals surface area contributed by atoms with Gasteiger partial charge >= 0.3 is 0 Å². The van der Waals surface area contributed by atoms with Crippen molar-refractivity contribution < 1.29 is 4.79 Å². The molecule has 0 saturated carbocycles. The fourth-order valence-corrected chi connectivity index (χ4v) is 1.84. The van der Waals surface area contributed by atoms with E-state index in [-0.39, 0.29) is 5.91 Å². The number of carbonyl (C=O) groups is 1. The van der Waals surface area contributed by atoms with Crippen LogP contribution in [0.3, 0.4) is 0 Å². The highest BCUT2D eigenvalue weighted by Crippen LogP contribution is 2.33. The van der Waals surface area contributed by atoms with Gasteiger partial charge in [-0.1, -0.05) is 0 Å². The largest absolute Gasteiger partial charge is 0.309 e. The zero-order valence-electron chi connectivity index (χ0n) is 9.08. The van der Waals surface area contributed by atoms with Crippen LogP contribution in [0.4, 0.5) is 5.82 Å². The maximum atomic E-state index is 11.9. The molecule has 2 aromatic rings. The Hall–Kier alpha value is -2.37. The molecule has 0 bridgehead atoms. The highest BCUT2D eigenvalue weighted by molar-refractivity contribution is 6.03. The quantitative estimate of drug-likeness (QED) is 0.774. The van der Waals surface area contributed by atoms with Crippen LogP contribution in [0.5, 0.6) is 0 Å². The lowest BCUT2D eigenvalue weighted by Crippen LogP contribution is -2.15. The Morgan fingerprint density at radius 2 is 2.00 bits per heavy atom. The van der Waals surface area contributed by atoms with E-state index in [9.17, 15) is 4.79 Å². The molecular formula is C11H9N5O. The molecule has 17 heavy (non-hydrogen) atoms. The lowest BCUT2D eigenvalue weighted by Gasteiger charge is -2.05. The van der Waals surface area contributed by atoms with E-state index in [0.29, 0.717) is 17.5 Å². The number of rotatable bonds is 1. The zero-order valence-corrected chi connectivity index (χ0v) is 9.08. The molecule has 84 valence electrons. The minimum absolute atomic E-state index is 0.161. The van der Waals surface area contributed by atoms with Crippen molar-refractivity contribution >= 4 is 11.7 Å². The molecule has 0 fully saturated rings. The van der Waals surface area contributed by atoms with E-state index >= 15 is 0 Å². The van der Waals surface area contributed by atoms with Gasteiger partial charge in [0.1, 0.15) is 23.4 Å². The average molecular weight is 227 g/mol. The van der Waals surface area contributed by atoms with Crippen molar-refractivity contribution in [3.05, 3.63) is 41.9 Å². The second kappa shape index (κ2) is 3.58. The number of hydrogen-bond donors (Lipinski definition) is 1. The van der Waals surface area contributed by atoms with Crippen LogP contribution in [0, 0.1) is 6.92 Å². The Kier molecular flexibility index (Phi) is 2.07. The molecule has 3 rings (SSSR count). The summed E-state index contributed by atoms with van der Waals surface area (Å²) in [4.78, 5) is 28.4. The van der Waals surface area contributed by atoms with Crippen LogP contribution in [0.2, 0.25) is 0 Å². The molecule has 0 aliphatic carbocycles. The molecule has 1 amide bonds. The predicted molar refractivity (Wildman–Crippen MR) is 59.3 cm³/mol. The summed E-state index contributed by atoms with van der Waals surface area (Å²) in [6.45, 7) is 1.78. The molecule has 1 N–H and O–H groups in total. The fourth-order valence-electron chi connectivity index (χ4n) is 1.84. The second-order valence-electron chi connectivity index (χ2n) is 3.75. The molecule has 1 atom stereocenters. The van der Waals surface area contributed by atoms with Crippen molar-refractivity contribution in [1.82, 2.24) is 19.9 Å². The SMILES string of the molecule is Cc1ncc2c(n1)NC(=O)C2c1ncccn1. The Bertz CT molecular complexity index is 584. The summed E-state index contributed by atoms with van der Waals surface area (Å²) in [6, 6.07) is 1.71. The number of anilines is 1. The smallest absolute Gasteiger partial charge is 0.241 e. The predicted octanol–water partition coefficient (Wildman–Crippen LogP) is 0.659. The number of nitrogens with zero attached hydrogens (tertiary/aromatic N) is 4. The first-order chi connectivity index (χ1) is 8.25. The molecule has 3 heterocycles. The fraction of sp³-hybridized carbons (Fsp3) is 0.182. The van der Waals surface area contributed by atoms with Gasteiger partial charge in [-0.3, -0.25) is 4.79 Å². The number of fused-ring (bicyclic) bond motifs is 1. The lowest BCUT2D eigenvalue weighted by atomic mass is 10.0. The van der Waals surface area contributed by atoms with Crippen molar-refractivity contribution in [2.24, 2.45) is 0 Å². The molecule has 6 nitrogen and oxygen atoms in total. The Labute approximate surface area is 97.2 Å². The standard InChI is InChI=1S/C11H9N5O/c1-6-14-5-7-8(10-12-3-2-4-13-10)11(17)16-9(7)15-6/h2-5,8H,1H3,(H,14,15,16,17). The number of hydrogen-bond acceptors (Lipinski definition) is 5. The van der Waals surface area contributed by atoms with Crippen LogP contribution in [-0.4, -0.2) is 25.8 Å². The van der Waals surface area contributed by atoms with E-state index in [2.05, 4.69) is 25.3 Å². The summed E-state index contributed by atoms with van der Waals surface area (Å²) in [5.74, 6) is 0.979. The molecule has 0 spiro atoms. The molecule has 0 saturated heterocycles. The molecule has 6 heteroatoms. The van der Waals surface area contributed by atoms with E-state index in [1.54, 1.807) is 31.6 Å². The number of carbonyl (C=O) groups excluding carboxylic acids is 1. The minimum Gasteiger partial charge on any atom is -0.309 e. The molecule has 0 aromatic carbocycles. The second-order valence-corrected chi connectivity index (χ2v) is 3.75. The number of aryl methyl sites for hydroxylation is 1.